The normalized spacial score (nSPS) is 10.5. The molecular formula is C14H16ClNO. The molecule has 0 unspecified atom stereocenters. The first kappa shape index (κ1) is 13.5. The lowest BCUT2D eigenvalue weighted by Crippen LogP contribution is -2.21. The van der Waals surface area contributed by atoms with Crippen LogP contribution in [0.5, 0.6) is 0 Å². The van der Waals surface area contributed by atoms with Crippen LogP contribution in [0.25, 0.3) is 6.08 Å². The number of rotatable bonds is 5. The summed E-state index contributed by atoms with van der Waals surface area (Å²) in [5, 5.41) is 3.46. The lowest BCUT2D eigenvalue weighted by molar-refractivity contribution is -0.116. The van der Waals surface area contributed by atoms with Crippen molar-refractivity contribution < 1.29 is 4.79 Å². The summed E-state index contributed by atoms with van der Waals surface area (Å²) in [6.45, 7) is 6.14. The SMILES string of the molecule is C=CCCNC(=O)/C=C/c1ccc(C)c(Cl)c1. The standard InChI is InChI=1S/C14H16ClNO/c1-3-4-9-16-14(17)8-7-12-6-5-11(2)13(15)10-12/h3,5-8,10H,1,4,9H2,2H3,(H,16,17)/b8-7+. The highest BCUT2D eigenvalue weighted by Gasteiger charge is 1.96. The van der Waals surface area contributed by atoms with Crippen molar-refractivity contribution in [2.24, 2.45) is 0 Å². The van der Waals surface area contributed by atoms with Crippen molar-refractivity contribution in [3.05, 3.63) is 53.1 Å². The van der Waals surface area contributed by atoms with Crippen molar-refractivity contribution in [1.82, 2.24) is 5.32 Å². The third-order valence-electron chi connectivity index (χ3n) is 2.27. The highest BCUT2D eigenvalue weighted by molar-refractivity contribution is 6.31. The second kappa shape index (κ2) is 6.92. The zero-order valence-corrected chi connectivity index (χ0v) is 10.6. The van der Waals surface area contributed by atoms with E-state index in [1.54, 1.807) is 12.2 Å². The zero-order valence-electron chi connectivity index (χ0n) is 9.87. The predicted molar refractivity (Wildman–Crippen MR) is 73.0 cm³/mol. The molecule has 0 saturated heterocycles. The first-order chi connectivity index (χ1) is 8.13. The van der Waals surface area contributed by atoms with Crippen LogP contribution in [0.15, 0.2) is 36.9 Å². The van der Waals surface area contributed by atoms with E-state index in [-0.39, 0.29) is 5.91 Å². The molecular weight excluding hydrogens is 234 g/mol. The van der Waals surface area contributed by atoms with Crippen molar-refractivity contribution in [2.45, 2.75) is 13.3 Å². The smallest absolute Gasteiger partial charge is 0.244 e. The van der Waals surface area contributed by atoms with Gasteiger partial charge in [0, 0.05) is 17.6 Å². The molecule has 0 spiro atoms. The molecule has 1 N–H and O–H groups in total. The topological polar surface area (TPSA) is 29.1 Å². The molecule has 1 aromatic carbocycles. The minimum absolute atomic E-state index is 0.108. The summed E-state index contributed by atoms with van der Waals surface area (Å²) in [5.74, 6) is -0.108. The molecule has 3 heteroatoms. The molecule has 0 bridgehead atoms. The van der Waals surface area contributed by atoms with Crippen LogP contribution in [0.3, 0.4) is 0 Å². The Bertz CT molecular complexity index is 438. The second-order valence-corrected chi connectivity index (χ2v) is 4.12. The highest BCUT2D eigenvalue weighted by Crippen LogP contribution is 2.17. The van der Waals surface area contributed by atoms with Crippen molar-refractivity contribution >= 4 is 23.6 Å². The fourth-order valence-corrected chi connectivity index (χ4v) is 1.43. The van der Waals surface area contributed by atoms with E-state index in [1.165, 1.54) is 6.08 Å². The third kappa shape index (κ3) is 4.87. The maximum atomic E-state index is 11.4. The number of halogens is 1. The Morgan fingerprint density at radius 3 is 2.94 bits per heavy atom. The van der Waals surface area contributed by atoms with Crippen molar-refractivity contribution in [2.75, 3.05) is 6.54 Å². The third-order valence-corrected chi connectivity index (χ3v) is 2.68. The number of aryl methyl sites for hydroxylation is 1. The molecule has 0 aliphatic carbocycles. The van der Waals surface area contributed by atoms with Crippen LogP contribution in [-0.4, -0.2) is 12.5 Å². The number of carbonyl (C=O) groups excluding carboxylic acids is 1. The molecule has 0 atom stereocenters. The average Bonchev–Trinajstić information content (AvgIpc) is 2.31. The molecule has 0 saturated carbocycles. The summed E-state index contributed by atoms with van der Waals surface area (Å²) >= 11 is 5.99. The lowest BCUT2D eigenvalue weighted by atomic mass is 10.1. The van der Waals surface area contributed by atoms with Gasteiger partial charge >= 0.3 is 0 Å². The summed E-state index contributed by atoms with van der Waals surface area (Å²) in [4.78, 5) is 11.4. The summed E-state index contributed by atoms with van der Waals surface area (Å²) in [6, 6.07) is 5.69. The maximum absolute atomic E-state index is 11.4. The number of benzene rings is 1. The van der Waals surface area contributed by atoms with Crippen molar-refractivity contribution in [1.29, 1.82) is 0 Å². The van der Waals surface area contributed by atoms with Crippen LogP contribution in [0.2, 0.25) is 5.02 Å². The molecule has 0 aliphatic rings. The second-order valence-electron chi connectivity index (χ2n) is 3.71. The molecule has 0 radical (unpaired) electrons. The lowest BCUT2D eigenvalue weighted by Gasteiger charge is -2.00. The van der Waals surface area contributed by atoms with E-state index in [0.29, 0.717) is 11.6 Å². The van der Waals surface area contributed by atoms with Gasteiger partial charge in [-0.1, -0.05) is 29.8 Å². The van der Waals surface area contributed by atoms with E-state index in [1.807, 2.05) is 25.1 Å². The quantitative estimate of drug-likeness (QED) is 0.484. The van der Waals surface area contributed by atoms with E-state index in [9.17, 15) is 4.79 Å². The van der Waals surface area contributed by atoms with Gasteiger partial charge < -0.3 is 5.32 Å². The summed E-state index contributed by atoms with van der Waals surface area (Å²) < 4.78 is 0. The first-order valence-electron chi connectivity index (χ1n) is 5.46. The van der Waals surface area contributed by atoms with Gasteiger partial charge in [-0.2, -0.15) is 0 Å². The molecule has 1 rings (SSSR count). The van der Waals surface area contributed by atoms with Gasteiger partial charge in [0.2, 0.25) is 5.91 Å². The number of carbonyl (C=O) groups is 1. The Morgan fingerprint density at radius 1 is 1.53 bits per heavy atom. The molecule has 1 amide bonds. The number of nitrogens with one attached hydrogen (secondary N) is 1. The van der Waals surface area contributed by atoms with E-state index >= 15 is 0 Å². The van der Waals surface area contributed by atoms with Crippen molar-refractivity contribution in [3.63, 3.8) is 0 Å². The summed E-state index contributed by atoms with van der Waals surface area (Å²) in [6.07, 6.45) is 5.79. The van der Waals surface area contributed by atoms with Gasteiger partial charge in [0.1, 0.15) is 0 Å². The fraction of sp³-hybridized carbons (Fsp3) is 0.214. The molecule has 0 aromatic heterocycles. The molecule has 0 aliphatic heterocycles. The van der Waals surface area contributed by atoms with Gasteiger partial charge in [-0.25, -0.2) is 0 Å². The van der Waals surface area contributed by atoms with Gasteiger partial charge in [0.25, 0.3) is 0 Å². The fourth-order valence-electron chi connectivity index (χ4n) is 1.24. The Labute approximate surface area is 107 Å². The highest BCUT2D eigenvalue weighted by atomic mass is 35.5. The number of amides is 1. The van der Waals surface area contributed by atoms with Crippen LogP contribution in [0.4, 0.5) is 0 Å². The molecule has 1 aromatic rings. The van der Waals surface area contributed by atoms with Gasteiger partial charge in [-0.3, -0.25) is 4.79 Å². The van der Waals surface area contributed by atoms with E-state index in [4.69, 9.17) is 11.6 Å². The largest absolute Gasteiger partial charge is 0.352 e. The van der Waals surface area contributed by atoms with E-state index in [2.05, 4.69) is 11.9 Å². The van der Waals surface area contributed by atoms with Gasteiger partial charge in [0.15, 0.2) is 0 Å². The molecule has 17 heavy (non-hydrogen) atoms. The monoisotopic (exact) mass is 249 g/mol. The minimum atomic E-state index is -0.108. The van der Waals surface area contributed by atoms with Gasteiger partial charge in [-0.05, 0) is 36.6 Å². The maximum Gasteiger partial charge on any atom is 0.244 e. The summed E-state index contributed by atoms with van der Waals surface area (Å²) in [5.41, 5.74) is 1.94. The van der Waals surface area contributed by atoms with Crippen LogP contribution < -0.4 is 5.32 Å². The Hall–Kier alpha value is -1.54. The van der Waals surface area contributed by atoms with Gasteiger partial charge in [0.05, 0.1) is 0 Å². The van der Waals surface area contributed by atoms with Crippen molar-refractivity contribution in [3.8, 4) is 0 Å². The molecule has 90 valence electrons. The minimum Gasteiger partial charge on any atom is -0.352 e. The van der Waals surface area contributed by atoms with Gasteiger partial charge in [-0.15, -0.1) is 6.58 Å². The van der Waals surface area contributed by atoms with E-state index in [0.717, 1.165) is 17.5 Å². The Morgan fingerprint density at radius 2 is 2.29 bits per heavy atom. The van der Waals surface area contributed by atoms with Crippen LogP contribution >= 0.6 is 11.6 Å². The average molecular weight is 250 g/mol. The molecule has 0 fully saturated rings. The Kier molecular flexibility index (Phi) is 5.50. The Balaban J connectivity index is 2.54. The number of hydrogen-bond acceptors (Lipinski definition) is 1. The number of hydrogen-bond donors (Lipinski definition) is 1. The summed E-state index contributed by atoms with van der Waals surface area (Å²) in [7, 11) is 0. The molecule has 0 heterocycles. The van der Waals surface area contributed by atoms with Crippen LogP contribution in [0, 0.1) is 6.92 Å². The zero-order chi connectivity index (χ0) is 12.7. The first-order valence-corrected chi connectivity index (χ1v) is 5.84. The van der Waals surface area contributed by atoms with Crippen LogP contribution in [-0.2, 0) is 4.79 Å². The van der Waals surface area contributed by atoms with E-state index < -0.39 is 0 Å². The molecule has 2 nitrogen and oxygen atoms in total. The van der Waals surface area contributed by atoms with Crippen LogP contribution in [0.1, 0.15) is 17.5 Å². The predicted octanol–water partition coefficient (Wildman–Crippen LogP) is 3.35.